The highest BCUT2D eigenvalue weighted by atomic mass is 35.5. The topological polar surface area (TPSA) is 75.4 Å². The third-order valence-electron chi connectivity index (χ3n) is 4.72. The molecule has 144 valence electrons. The molecule has 1 aliphatic rings. The fraction of sp³-hybridized carbons (Fsp3) is 0.526. The van der Waals surface area contributed by atoms with Crippen LogP contribution in [0, 0.1) is 0 Å². The van der Waals surface area contributed by atoms with E-state index in [1.54, 1.807) is 14.2 Å². The van der Waals surface area contributed by atoms with Crippen molar-refractivity contribution in [3.05, 3.63) is 23.9 Å². The number of benzene rings is 1. The Balaban J connectivity index is 0.00000243. The van der Waals surface area contributed by atoms with Crippen LogP contribution in [0.4, 0.5) is 0 Å². The number of amides is 1. The molecule has 7 heteroatoms. The van der Waals surface area contributed by atoms with E-state index in [0.29, 0.717) is 19.0 Å². The number of hydrogen-bond donors (Lipinski definition) is 3. The van der Waals surface area contributed by atoms with Crippen LogP contribution in [0.25, 0.3) is 10.9 Å². The van der Waals surface area contributed by atoms with Gasteiger partial charge < -0.3 is 25.1 Å². The van der Waals surface area contributed by atoms with Gasteiger partial charge in [-0.05, 0) is 38.3 Å². The van der Waals surface area contributed by atoms with Gasteiger partial charge in [0.05, 0.1) is 19.7 Å². The molecule has 3 rings (SSSR count). The molecule has 1 aliphatic heterocycles. The molecule has 0 saturated carbocycles. The lowest BCUT2D eigenvalue weighted by atomic mass is 10.1. The summed E-state index contributed by atoms with van der Waals surface area (Å²) in [7, 11) is 3.31. The summed E-state index contributed by atoms with van der Waals surface area (Å²) in [6.45, 7) is 1.73. The van der Waals surface area contributed by atoms with Crippen molar-refractivity contribution in [3.63, 3.8) is 0 Å². The van der Waals surface area contributed by atoms with Gasteiger partial charge >= 0.3 is 0 Å². The number of carbonyl (C=O) groups excluding carboxylic acids is 1. The average Bonchev–Trinajstić information content (AvgIpc) is 3.26. The molecule has 26 heavy (non-hydrogen) atoms. The van der Waals surface area contributed by atoms with Gasteiger partial charge in [-0.1, -0.05) is 0 Å². The molecule has 2 aromatic rings. The smallest absolute Gasteiger partial charge is 0.221 e. The molecule has 1 atom stereocenters. The van der Waals surface area contributed by atoms with Crippen molar-refractivity contribution in [2.24, 2.45) is 0 Å². The second kappa shape index (κ2) is 9.69. The molecular weight excluding hydrogens is 354 g/mol. The maximum atomic E-state index is 11.9. The summed E-state index contributed by atoms with van der Waals surface area (Å²) < 4.78 is 10.7. The van der Waals surface area contributed by atoms with Gasteiger partial charge in [0, 0.05) is 42.2 Å². The lowest BCUT2D eigenvalue weighted by Gasteiger charge is -2.10. The summed E-state index contributed by atoms with van der Waals surface area (Å²) in [5.74, 6) is 1.71. The van der Waals surface area contributed by atoms with Gasteiger partial charge in [0.2, 0.25) is 5.91 Å². The molecule has 6 nitrogen and oxygen atoms in total. The van der Waals surface area contributed by atoms with E-state index in [1.165, 1.54) is 6.42 Å². The monoisotopic (exact) mass is 381 g/mol. The van der Waals surface area contributed by atoms with Crippen LogP contribution in [0.1, 0.15) is 31.4 Å². The quantitative estimate of drug-likeness (QED) is 0.614. The SMILES string of the molecule is COc1cc(OC)c2cc(CCCNC(=O)CC3CCCN3)[nH]c2c1.Cl. The van der Waals surface area contributed by atoms with Crippen molar-refractivity contribution in [3.8, 4) is 11.5 Å². The summed E-state index contributed by atoms with van der Waals surface area (Å²) in [5, 5.41) is 7.42. The Morgan fingerprint density at radius 1 is 1.27 bits per heavy atom. The molecule has 0 aliphatic carbocycles. The lowest BCUT2D eigenvalue weighted by Crippen LogP contribution is -2.32. The first-order valence-electron chi connectivity index (χ1n) is 8.93. The summed E-state index contributed by atoms with van der Waals surface area (Å²) in [5.41, 5.74) is 2.14. The molecule has 1 fully saturated rings. The van der Waals surface area contributed by atoms with Crippen LogP contribution in [0.5, 0.6) is 11.5 Å². The first-order chi connectivity index (χ1) is 12.2. The number of aryl methyl sites for hydroxylation is 1. The van der Waals surface area contributed by atoms with Crippen molar-refractivity contribution >= 4 is 29.2 Å². The Hall–Kier alpha value is -1.92. The third-order valence-corrected chi connectivity index (χ3v) is 4.72. The predicted molar refractivity (Wildman–Crippen MR) is 106 cm³/mol. The molecule has 1 saturated heterocycles. The van der Waals surface area contributed by atoms with Crippen LogP contribution in [-0.2, 0) is 11.2 Å². The van der Waals surface area contributed by atoms with E-state index in [4.69, 9.17) is 9.47 Å². The Kier molecular flexibility index (Phi) is 7.60. The Morgan fingerprint density at radius 2 is 2.12 bits per heavy atom. The minimum atomic E-state index is 0. The van der Waals surface area contributed by atoms with Gasteiger partial charge in [0.1, 0.15) is 11.5 Å². The number of H-pyrrole nitrogens is 1. The first-order valence-corrected chi connectivity index (χ1v) is 8.93. The lowest BCUT2D eigenvalue weighted by molar-refractivity contribution is -0.121. The number of nitrogens with one attached hydrogen (secondary N) is 3. The van der Waals surface area contributed by atoms with Crippen molar-refractivity contribution in [2.45, 2.75) is 38.1 Å². The van der Waals surface area contributed by atoms with Gasteiger partial charge in [-0.2, -0.15) is 0 Å². The highest BCUT2D eigenvalue weighted by molar-refractivity contribution is 5.88. The fourth-order valence-corrected chi connectivity index (χ4v) is 3.39. The van der Waals surface area contributed by atoms with E-state index in [2.05, 4.69) is 21.7 Å². The van der Waals surface area contributed by atoms with Gasteiger partial charge in [-0.15, -0.1) is 12.4 Å². The zero-order chi connectivity index (χ0) is 17.6. The van der Waals surface area contributed by atoms with E-state index >= 15 is 0 Å². The van der Waals surface area contributed by atoms with Crippen LogP contribution < -0.4 is 20.1 Å². The van der Waals surface area contributed by atoms with E-state index in [0.717, 1.165) is 53.9 Å². The molecular formula is C19H28ClN3O3. The third kappa shape index (κ3) is 5.05. The summed E-state index contributed by atoms with van der Waals surface area (Å²) in [6.07, 6.45) is 4.64. The minimum absolute atomic E-state index is 0. The van der Waals surface area contributed by atoms with Crippen LogP contribution in [0.2, 0.25) is 0 Å². The first kappa shape index (κ1) is 20.4. The van der Waals surface area contributed by atoms with Crippen molar-refractivity contribution < 1.29 is 14.3 Å². The molecule has 0 bridgehead atoms. The van der Waals surface area contributed by atoms with E-state index in [9.17, 15) is 4.79 Å². The summed E-state index contributed by atoms with van der Waals surface area (Å²) >= 11 is 0. The zero-order valence-electron chi connectivity index (χ0n) is 15.4. The Morgan fingerprint density at radius 3 is 2.81 bits per heavy atom. The van der Waals surface area contributed by atoms with Crippen molar-refractivity contribution in [2.75, 3.05) is 27.3 Å². The summed E-state index contributed by atoms with van der Waals surface area (Å²) in [4.78, 5) is 15.3. The highest BCUT2D eigenvalue weighted by Crippen LogP contribution is 2.31. The number of fused-ring (bicyclic) bond motifs is 1. The molecule has 0 radical (unpaired) electrons. The van der Waals surface area contributed by atoms with Gasteiger partial charge in [-0.3, -0.25) is 4.79 Å². The number of methoxy groups -OCH3 is 2. The second-order valence-electron chi connectivity index (χ2n) is 6.54. The van der Waals surface area contributed by atoms with Crippen molar-refractivity contribution in [1.29, 1.82) is 0 Å². The number of ether oxygens (including phenoxy) is 2. The molecule has 0 spiro atoms. The standard InChI is InChI=1S/C19H27N3O3.ClH/c1-24-15-11-17-16(18(12-15)25-2)9-14(22-17)6-4-8-21-19(23)10-13-5-3-7-20-13;/h9,11-13,20,22H,3-8,10H2,1-2H3,(H,21,23);1H. The normalized spacial score (nSPS) is 16.3. The molecule has 3 N–H and O–H groups in total. The molecule has 1 amide bonds. The van der Waals surface area contributed by atoms with Crippen LogP contribution in [0.15, 0.2) is 18.2 Å². The number of halogens is 1. The number of carbonyl (C=O) groups is 1. The molecule has 1 aromatic carbocycles. The fourth-order valence-electron chi connectivity index (χ4n) is 3.39. The second-order valence-corrected chi connectivity index (χ2v) is 6.54. The summed E-state index contributed by atoms with van der Waals surface area (Å²) in [6, 6.07) is 6.32. The number of hydrogen-bond acceptors (Lipinski definition) is 4. The molecule has 1 aromatic heterocycles. The Bertz CT molecular complexity index is 726. The largest absolute Gasteiger partial charge is 0.497 e. The predicted octanol–water partition coefficient (Wildman–Crippen LogP) is 2.80. The minimum Gasteiger partial charge on any atom is -0.497 e. The number of aromatic amines is 1. The number of rotatable bonds is 8. The van der Waals surface area contributed by atoms with E-state index < -0.39 is 0 Å². The van der Waals surface area contributed by atoms with Crippen LogP contribution >= 0.6 is 12.4 Å². The number of aromatic nitrogens is 1. The maximum absolute atomic E-state index is 11.9. The van der Waals surface area contributed by atoms with Crippen LogP contribution in [-0.4, -0.2) is 44.2 Å². The van der Waals surface area contributed by atoms with Gasteiger partial charge in [-0.25, -0.2) is 0 Å². The molecule has 2 heterocycles. The van der Waals surface area contributed by atoms with Crippen LogP contribution in [0.3, 0.4) is 0 Å². The van der Waals surface area contributed by atoms with Gasteiger partial charge in [0.25, 0.3) is 0 Å². The zero-order valence-corrected chi connectivity index (χ0v) is 16.2. The van der Waals surface area contributed by atoms with Crippen molar-refractivity contribution in [1.82, 2.24) is 15.6 Å². The van der Waals surface area contributed by atoms with E-state index in [1.807, 2.05) is 12.1 Å². The maximum Gasteiger partial charge on any atom is 0.221 e. The average molecular weight is 382 g/mol. The van der Waals surface area contributed by atoms with E-state index in [-0.39, 0.29) is 18.3 Å². The molecule has 1 unspecified atom stereocenters. The highest BCUT2D eigenvalue weighted by Gasteiger charge is 2.17. The Labute approximate surface area is 160 Å². The van der Waals surface area contributed by atoms with Gasteiger partial charge in [0.15, 0.2) is 0 Å².